The third-order valence-electron chi connectivity index (χ3n) is 6.46. The molecule has 3 aromatic heterocycles. The van der Waals surface area contributed by atoms with Gasteiger partial charge in [0.05, 0.1) is 49.4 Å². The van der Waals surface area contributed by atoms with E-state index >= 15 is 0 Å². The highest BCUT2D eigenvalue weighted by molar-refractivity contribution is 6.76. The van der Waals surface area contributed by atoms with Gasteiger partial charge in [-0.2, -0.15) is 10.1 Å². The predicted octanol–water partition coefficient (Wildman–Crippen LogP) is 4.77. The normalized spacial score (nSPS) is 14.7. The summed E-state index contributed by atoms with van der Waals surface area (Å²) in [6.07, 6.45) is 3.40. The van der Waals surface area contributed by atoms with Crippen LogP contribution in [0.5, 0.6) is 5.75 Å². The van der Waals surface area contributed by atoms with Crippen LogP contribution in [0.1, 0.15) is 5.56 Å². The molecule has 2 N–H and O–H groups in total. The Morgan fingerprint density at radius 3 is 2.77 bits per heavy atom. The fraction of sp³-hybridized carbons (Fsp3) is 0.462. The van der Waals surface area contributed by atoms with Crippen LogP contribution in [-0.4, -0.2) is 82.7 Å². The second-order valence-electron chi connectivity index (χ2n) is 10.8. The molecule has 13 heteroatoms. The van der Waals surface area contributed by atoms with Gasteiger partial charge in [0.25, 0.3) is 0 Å². The van der Waals surface area contributed by atoms with Gasteiger partial charge in [0.15, 0.2) is 23.1 Å². The van der Waals surface area contributed by atoms with Gasteiger partial charge in [-0.1, -0.05) is 25.7 Å². The van der Waals surface area contributed by atoms with E-state index in [1.165, 1.54) is 11.8 Å². The van der Waals surface area contributed by atoms with Crippen molar-refractivity contribution in [1.82, 2.24) is 34.6 Å². The number of ether oxygens (including phenoxy) is 3. The number of methoxy groups -OCH3 is 1. The van der Waals surface area contributed by atoms with Crippen LogP contribution in [0.15, 0.2) is 30.6 Å². The maximum absolute atomic E-state index is 6.08. The molecule has 1 aliphatic heterocycles. The number of nitrogens with one attached hydrogen (secondary N) is 2. The summed E-state index contributed by atoms with van der Waals surface area (Å²) in [5, 5.41) is 8.22. The molecule has 0 saturated carbocycles. The Balaban J connectivity index is 1.42. The molecular weight excluding hydrogens is 536 g/mol. The van der Waals surface area contributed by atoms with E-state index in [1.54, 1.807) is 11.8 Å². The molecule has 1 aliphatic rings. The monoisotopic (exact) mass is 570 g/mol. The molecule has 208 valence electrons. The minimum atomic E-state index is -1.19. The summed E-state index contributed by atoms with van der Waals surface area (Å²) in [7, 11) is 0.367. The molecule has 0 aliphatic carbocycles. The quantitative estimate of drug-likeness (QED) is 0.149. The van der Waals surface area contributed by atoms with Gasteiger partial charge in [-0.25, -0.2) is 14.6 Å². The van der Waals surface area contributed by atoms with Gasteiger partial charge in [0.1, 0.15) is 6.73 Å². The average Bonchev–Trinajstić information content (AvgIpc) is 3.50. The lowest BCUT2D eigenvalue weighted by Gasteiger charge is -2.26. The molecule has 4 aromatic rings. The van der Waals surface area contributed by atoms with Gasteiger partial charge in [-0.3, -0.25) is 4.90 Å². The summed E-state index contributed by atoms with van der Waals surface area (Å²) in [5.74, 6) is 1.53. The SMILES string of the molecule is COc1cnc(Cl)nc1Nc1cn(COCC[Si](C)(C)C)nc1-c1nc2ccc(CN3CCOCC3)cc2[nH]1. The van der Waals surface area contributed by atoms with E-state index in [1.807, 2.05) is 12.3 Å². The summed E-state index contributed by atoms with van der Waals surface area (Å²) in [6, 6.07) is 7.40. The first kappa shape index (κ1) is 27.5. The molecule has 1 saturated heterocycles. The number of morpholine rings is 1. The minimum absolute atomic E-state index is 0.110. The van der Waals surface area contributed by atoms with Gasteiger partial charge >= 0.3 is 0 Å². The van der Waals surface area contributed by atoms with Gasteiger partial charge in [0.2, 0.25) is 5.28 Å². The molecule has 11 nitrogen and oxygen atoms in total. The van der Waals surface area contributed by atoms with Gasteiger partial charge < -0.3 is 24.5 Å². The van der Waals surface area contributed by atoms with Crippen molar-refractivity contribution in [3.05, 3.63) is 41.4 Å². The van der Waals surface area contributed by atoms with Crippen molar-refractivity contribution in [1.29, 1.82) is 0 Å². The van der Waals surface area contributed by atoms with Crippen LogP contribution in [-0.2, 0) is 22.7 Å². The zero-order chi connectivity index (χ0) is 27.4. The van der Waals surface area contributed by atoms with Crippen molar-refractivity contribution in [3.8, 4) is 17.3 Å². The van der Waals surface area contributed by atoms with E-state index < -0.39 is 8.07 Å². The molecular formula is C26H35ClN8O3Si. The fourth-order valence-corrected chi connectivity index (χ4v) is 5.18. The maximum atomic E-state index is 6.08. The first-order valence-corrected chi connectivity index (χ1v) is 17.1. The molecule has 0 spiro atoms. The number of aromatic nitrogens is 6. The lowest BCUT2D eigenvalue weighted by atomic mass is 10.2. The van der Waals surface area contributed by atoms with Gasteiger partial charge in [-0.15, -0.1) is 0 Å². The third-order valence-corrected chi connectivity index (χ3v) is 8.35. The van der Waals surface area contributed by atoms with Gasteiger partial charge in [0, 0.05) is 34.3 Å². The number of nitrogens with zero attached hydrogens (tertiary/aromatic N) is 6. The number of imidazole rings is 1. The Labute approximate surface area is 233 Å². The summed E-state index contributed by atoms with van der Waals surface area (Å²) in [5.41, 5.74) is 4.35. The molecule has 39 heavy (non-hydrogen) atoms. The number of anilines is 2. The van der Waals surface area contributed by atoms with Crippen LogP contribution in [0, 0.1) is 0 Å². The number of benzene rings is 1. The topological polar surface area (TPSA) is 115 Å². The molecule has 0 bridgehead atoms. The molecule has 0 atom stereocenters. The third kappa shape index (κ3) is 7.14. The molecule has 0 unspecified atom stereocenters. The molecule has 1 aromatic carbocycles. The summed E-state index contributed by atoms with van der Waals surface area (Å²) >= 11 is 6.08. The van der Waals surface area contributed by atoms with Crippen LogP contribution in [0.3, 0.4) is 0 Å². The smallest absolute Gasteiger partial charge is 0.224 e. The van der Waals surface area contributed by atoms with Crippen LogP contribution in [0.2, 0.25) is 31.0 Å². The van der Waals surface area contributed by atoms with Crippen LogP contribution in [0.4, 0.5) is 11.5 Å². The Bertz CT molecular complexity index is 1410. The number of halogens is 1. The van der Waals surface area contributed by atoms with E-state index in [0.29, 0.717) is 42.1 Å². The summed E-state index contributed by atoms with van der Waals surface area (Å²) in [6.45, 7) is 12.3. The maximum Gasteiger partial charge on any atom is 0.224 e. The second kappa shape index (κ2) is 12.0. The second-order valence-corrected chi connectivity index (χ2v) is 16.7. The molecule has 4 heterocycles. The van der Waals surface area contributed by atoms with Crippen molar-refractivity contribution in [3.63, 3.8) is 0 Å². The zero-order valence-corrected chi connectivity index (χ0v) is 24.6. The van der Waals surface area contributed by atoms with Crippen molar-refractivity contribution in [2.75, 3.05) is 45.3 Å². The standard InChI is InChI=1S/C26H35ClN8O3Si/c1-36-22-14-28-26(27)32-24(22)31-21-16-35(17-38-11-12-39(2,3)4)33-23(21)25-29-19-6-5-18(13-20(19)30-25)15-34-7-9-37-10-8-34/h5-6,13-14,16H,7-12,15,17H2,1-4H3,(H,29,30)(H,28,31,32). The highest BCUT2D eigenvalue weighted by Gasteiger charge is 2.19. The lowest BCUT2D eigenvalue weighted by molar-refractivity contribution is 0.0342. The van der Waals surface area contributed by atoms with Crippen molar-refractivity contribution in [2.45, 2.75) is 39.0 Å². The Morgan fingerprint density at radius 1 is 1.18 bits per heavy atom. The Kier molecular flexibility index (Phi) is 8.48. The molecule has 0 amide bonds. The van der Waals surface area contributed by atoms with E-state index in [0.717, 1.165) is 49.9 Å². The number of hydrogen-bond acceptors (Lipinski definition) is 9. The van der Waals surface area contributed by atoms with Crippen LogP contribution in [0.25, 0.3) is 22.6 Å². The first-order chi connectivity index (χ1) is 18.8. The number of aromatic amines is 1. The summed E-state index contributed by atoms with van der Waals surface area (Å²) in [4.78, 5) is 19.0. The van der Waals surface area contributed by atoms with E-state index in [9.17, 15) is 0 Å². The minimum Gasteiger partial charge on any atom is -0.491 e. The van der Waals surface area contributed by atoms with E-state index in [4.69, 9.17) is 35.9 Å². The zero-order valence-electron chi connectivity index (χ0n) is 22.8. The fourth-order valence-electron chi connectivity index (χ4n) is 4.29. The lowest BCUT2D eigenvalue weighted by Crippen LogP contribution is -2.35. The number of rotatable bonds is 11. The number of hydrogen-bond donors (Lipinski definition) is 2. The van der Waals surface area contributed by atoms with Crippen molar-refractivity contribution in [2.24, 2.45) is 0 Å². The first-order valence-electron chi connectivity index (χ1n) is 13.1. The number of fused-ring (bicyclic) bond motifs is 1. The number of H-pyrrole nitrogens is 1. The largest absolute Gasteiger partial charge is 0.491 e. The highest BCUT2D eigenvalue weighted by Crippen LogP contribution is 2.32. The van der Waals surface area contributed by atoms with E-state index in [-0.39, 0.29) is 5.28 Å². The van der Waals surface area contributed by atoms with Crippen molar-refractivity contribution < 1.29 is 14.2 Å². The Hall–Kier alpha value is -3.03. The summed E-state index contributed by atoms with van der Waals surface area (Å²) < 4.78 is 18.6. The average molecular weight is 571 g/mol. The molecule has 0 radical (unpaired) electrons. The Morgan fingerprint density at radius 2 is 2.00 bits per heavy atom. The van der Waals surface area contributed by atoms with Crippen molar-refractivity contribution >= 4 is 42.2 Å². The van der Waals surface area contributed by atoms with E-state index in [2.05, 4.69) is 56.9 Å². The van der Waals surface area contributed by atoms with Crippen LogP contribution >= 0.6 is 11.6 Å². The highest BCUT2D eigenvalue weighted by atomic mass is 35.5. The van der Waals surface area contributed by atoms with Crippen LogP contribution < -0.4 is 10.1 Å². The predicted molar refractivity (Wildman–Crippen MR) is 154 cm³/mol. The van der Waals surface area contributed by atoms with Gasteiger partial charge in [-0.05, 0) is 35.3 Å². The molecule has 1 fully saturated rings. The molecule has 5 rings (SSSR count).